The van der Waals surface area contributed by atoms with Gasteiger partial charge >= 0.3 is 36.3 Å². The number of benzene rings is 3. The molecule has 73 heavy (non-hydrogen) atoms. The second-order valence-electron chi connectivity index (χ2n) is 20.4. The molecule has 0 aromatic heterocycles. The molecule has 0 aliphatic carbocycles. The molecule has 0 aliphatic rings. The van der Waals surface area contributed by atoms with E-state index < -0.39 is 88.8 Å². The Hall–Kier alpha value is -7.78. The molecule has 0 fully saturated rings. The van der Waals surface area contributed by atoms with Crippen LogP contribution in [0.15, 0.2) is 72.8 Å². The van der Waals surface area contributed by atoms with E-state index >= 15 is 0 Å². The number of hydrogen-bond donors (Lipinski definition) is 7. The van der Waals surface area contributed by atoms with Crippen LogP contribution in [0.3, 0.4) is 0 Å². The molecule has 0 spiro atoms. The summed E-state index contributed by atoms with van der Waals surface area (Å²) in [6.07, 6.45) is -5.54. The molecule has 0 unspecified atom stereocenters. The Kier molecular flexibility index (Phi) is 21.7. The summed E-state index contributed by atoms with van der Waals surface area (Å²) in [6, 6.07) is 16.8. The van der Waals surface area contributed by atoms with Crippen molar-refractivity contribution in [2.75, 3.05) is 39.3 Å². The van der Waals surface area contributed by atoms with Crippen LogP contribution in [-0.4, -0.2) is 133 Å². The largest absolute Gasteiger partial charge is 0.487 e. The lowest BCUT2D eigenvalue weighted by molar-refractivity contribution is 0.0294. The first kappa shape index (κ1) is 59.5. The lowest BCUT2D eigenvalue weighted by Crippen LogP contribution is -2.45. The van der Waals surface area contributed by atoms with Crippen LogP contribution in [0.5, 0.6) is 11.5 Å². The summed E-state index contributed by atoms with van der Waals surface area (Å²) in [5.41, 5.74) is -2.73. The molecule has 0 atom stereocenters. The SMILES string of the molecule is CC(C)(C)OC(=O)NCC(CNC(=O)OC(C)(C)C)Oc1ccc(C(=O)NCC(CNC(=O)c2ccc(OC(CNC(=O)OC(C)(C)C)CNC(=O)OC(C)(C)C)cc2)OC(=O)c2ccc(C(=O)O)cc2)cc1. The maximum Gasteiger partial charge on any atom is 0.407 e. The number of ether oxygens (including phenoxy) is 7. The van der Waals surface area contributed by atoms with E-state index in [0.717, 1.165) is 0 Å². The van der Waals surface area contributed by atoms with Crippen LogP contribution < -0.4 is 41.4 Å². The van der Waals surface area contributed by atoms with Crippen molar-refractivity contribution in [1.29, 1.82) is 0 Å². The van der Waals surface area contributed by atoms with Crippen LogP contribution in [0.2, 0.25) is 0 Å². The average molecular weight is 1020 g/mol. The fourth-order valence-corrected chi connectivity index (χ4v) is 5.85. The van der Waals surface area contributed by atoms with Gasteiger partial charge in [-0.3, -0.25) is 9.59 Å². The van der Waals surface area contributed by atoms with Crippen LogP contribution in [0.25, 0.3) is 0 Å². The van der Waals surface area contributed by atoms with Gasteiger partial charge < -0.3 is 70.2 Å². The molecule has 3 rings (SSSR count). The predicted molar refractivity (Wildman–Crippen MR) is 266 cm³/mol. The third kappa shape index (κ3) is 24.8. The summed E-state index contributed by atoms with van der Waals surface area (Å²) in [5, 5.41) is 25.2. The van der Waals surface area contributed by atoms with E-state index in [9.17, 15) is 43.5 Å². The number of esters is 1. The number of hydrogen-bond acceptors (Lipinski definition) is 15. The van der Waals surface area contributed by atoms with E-state index in [1.165, 1.54) is 72.8 Å². The van der Waals surface area contributed by atoms with Crippen LogP contribution in [-0.2, 0) is 23.7 Å². The summed E-state index contributed by atoms with van der Waals surface area (Å²) in [7, 11) is 0. The minimum atomic E-state index is -1.20. The Labute approximate surface area is 425 Å². The quantitative estimate of drug-likeness (QED) is 0.0451. The molecule has 0 aliphatic heterocycles. The zero-order valence-electron chi connectivity index (χ0n) is 43.5. The molecule has 3 aromatic carbocycles. The number of nitrogens with one attached hydrogen (secondary N) is 6. The highest BCUT2D eigenvalue weighted by Crippen LogP contribution is 2.18. The van der Waals surface area contributed by atoms with Crippen LogP contribution in [0.4, 0.5) is 19.2 Å². The zero-order valence-corrected chi connectivity index (χ0v) is 43.5. The summed E-state index contributed by atoms with van der Waals surface area (Å²) < 4.78 is 39.0. The fraction of sp³-hybridized carbons (Fsp3) is 0.490. The first-order valence-electron chi connectivity index (χ1n) is 23.3. The van der Waals surface area contributed by atoms with E-state index in [2.05, 4.69) is 31.9 Å². The molecule has 22 heteroatoms. The van der Waals surface area contributed by atoms with Gasteiger partial charge in [0.2, 0.25) is 0 Å². The zero-order chi connectivity index (χ0) is 54.7. The van der Waals surface area contributed by atoms with Crippen molar-refractivity contribution in [2.45, 2.75) is 124 Å². The van der Waals surface area contributed by atoms with Crippen molar-refractivity contribution in [1.82, 2.24) is 31.9 Å². The third-order valence-corrected chi connectivity index (χ3v) is 8.95. The first-order valence-corrected chi connectivity index (χ1v) is 23.3. The highest BCUT2D eigenvalue weighted by Gasteiger charge is 2.25. The number of alkyl carbamates (subject to hydrolysis) is 4. The number of carbonyl (C=O) groups is 8. The highest BCUT2D eigenvalue weighted by atomic mass is 16.6. The molecule has 0 radical (unpaired) electrons. The smallest absolute Gasteiger partial charge is 0.407 e. The average Bonchev–Trinajstić information content (AvgIpc) is 3.27. The Morgan fingerprint density at radius 2 is 0.644 bits per heavy atom. The van der Waals surface area contributed by atoms with Crippen molar-refractivity contribution < 1.29 is 76.6 Å². The Bertz CT molecular complexity index is 2150. The minimum absolute atomic E-state index is 0.0145. The lowest BCUT2D eigenvalue weighted by Gasteiger charge is -2.24. The number of aromatic carboxylic acids is 1. The monoisotopic (exact) mass is 1020 g/mol. The molecule has 0 saturated carbocycles. The normalized spacial score (nSPS) is 11.7. The highest BCUT2D eigenvalue weighted by molar-refractivity contribution is 5.95. The van der Waals surface area contributed by atoms with Gasteiger partial charge in [0.1, 0.15) is 52.2 Å². The van der Waals surface area contributed by atoms with Gasteiger partial charge in [-0.1, -0.05) is 0 Å². The van der Waals surface area contributed by atoms with Gasteiger partial charge in [-0.05, 0) is 156 Å². The molecule has 400 valence electrons. The minimum Gasteiger partial charge on any atom is -0.487 e. The predicted octanol–water partition coefficient (Wildman–Crippen LogP) is 6.36. The maximum absolute atomic E-state index is 13.4. The van der Waals surface area contributed by atoms with E-state index in [-0.39, 0.29) is 73.0 Å². The molecule has 7 N–H and O–H groups in total. The number of carboxylic acid groups (broad SMARTS) is 1. The van der Waals surface area contributed by atoms with Gasteiger partial charge in [-0.15, -0.1) is 0 Å². The standard InChI is InChI=1S/C51H70N6O16/c1-48(2,3)70-44(63)54-27-37(28-55-45(64)71-49(4,5)6)67-35-21-17-31(18-22-35)40(58)52-25-39(69-43(62)34-15-13-33(14-16-34)42(60)61)26-53-41(59)32-19-23-36(24-20-32)68-38(29-56-46(65)72-50(7,8)9)30-57-47(66)73-51(10,11)12/h13-24,37-39H,25-30H2,1-12H3,(H,52,58)(H,53,59)(H,54,63)(H,55,64)(H,56,65)(H,57,66)(H,60,61). The summed E-state index contributed by atoms with van der Waals surface area (Å²) in [4.78, 5) is 101. The van der Waals surface area contributed by atoms with E-state index in [4.69, 9.17) is 33.2 Å². The Morgan fingerprint density at radius 3 is 0.918 bits per heavy atom. The number of amides is 6. The molecule has 6 amide bonds. The van der Waals surface area contributed by atoms with Crippen LogP contribution in [0.1, 0.15) is 125 Å². The third-order valence-electron chi connectivity index (χ3n) is 8.95. The van der Waals surface area contributed by atoms with Gasteiger partial charge in [0.25, 0.3) is 11.8 Å². The van der Waals surface area contributed by atoms with E-state index in [0.29, 0.717) is 0 Å². The van der Waals surface area contributed by atoms with Crippen molar-refractivity contribution in [3.63, 3.8) is 0 Å². The molecule has 0 bridgehead atoms. The van der Waals surface area contributed by atoms with E-state index in [1.54, 1.807) is 83.1 Å². The topological polar surface area (TPSA) is 294 Å². The van der Waals surface area contributed by atoms with Crippen molar-refractivity contribution in [2.24, 2.45) is 0 Å². The molecule has 0 saturated heterocycles. The number of carbonyl (C=O) groups excluding carboxylic acids is 7. The van der Waals surface area contributed by atoms with Gasteiger partial charge in [0.05, 0.1) is 50.4 Å². The summed E-state index contributed by atoms with van der Waals surface area (Å²) >= 11 is 0. The number of rotatable bonds is 21. The first-order chi connectivity index (χ1) is 33.8. The van der Waals surface area contributed by atoms with Gasteiger partial charge in [-0.2, -0.15) is 0 Å². The second-order valence-corrected chi connectivity index (χ2v) is 20.4. The van der Waals surface area contributed by atoms with E-state index in [1.807, 2.05) is 0 Å². The van der Waals surface area contributed by atoms with Crippen LogP contribution >= 0.6 is 0 Å². The maximum atomic E-state index is 13.4. The summed E-state index contributed by atoms with van der Waals surface area (Å²) in [6.45, 7) is 19.7. The van der Waals surface area contributed by atoms with Crippen molar-refractivity contribution in [3.05, 3.63) is 95.1 Å². The van der Waals surface area contributed by atoms with Crippen LogP contribution in [0, 0.1) is 0 Å². The lowest BCUT2D eigenvalue weighted by atomic mass is 10.1. The molecular weight excluding hydrogens is 953 g/mol. The van der Waals surface area contributed by atoms with Gasteiger partial charge in [0, 0.05) is 11.1 Å². The van der Waals surface area contributed by atoms with Gasteiger partial charge in [-0.25, -0.2) is 28.8 Å². The molecule has 3 aromatic rings. The fourth-order valence-electron chi connectivity index (χ4n) is 5.85. The van der Waals surface area contributed by atoms with Crippen molar-refractivity contribution >= 4 is 48.1 Å². The second kappa shape index (κ2) is 26.6. The Morgan fingerprint density at radius 1 is 0.384 bits per heavy atom. The molecular formula is C51H70N6O16. The van der Waals surface area contributed by atoms with Crippen molar-refractivity contribution in [3.8, 4) is 11.5 Å². The number of carboxylic acids is 1. The summed E-state index contributed by atoms with van der Waals surface area (Å²) in [5.74, 6) is -2.66. The van der Waals surface area contributed by atoms with Gasteiger partial charge in [0.15, 0.2) is 0 Å². The molecule has 22 nitrogen and oxygen atoms in total. The Balaban J connectivity index is 1.73. The molecule has 0 heterocycles.